The van der Waals surface area contributed by atoms with Crippen molar-refractivity contribution in [2.45, 2.75) is 4.90 Å². The van der Waals surface area contributed by atoms with E-state index in [1.54, 1.807) is 48.5 Å². The maximum Gasteiger partial charge on any atom is 0.210 e. The molecule has 0 aromatic heterocycles. The van der Waals surface area contributed by atoms with Crippen LogP contribution in [0.1, 0.15) is 15.9 Å². The van der Waals surface area contributed by atoms with Gasteiger partial charge < -0.3 is 5.11 Å². The van der Waals surface area contributed by atoms with Crippen molar-refractivity contribution in [3.63, 3.8) is 0 Å². The van der Waals surface area contributed by atoms with Crippen molar-refractivity contribution in [1.82, 2.24) is 0 Å². The van der Waals surface area contributed by atoms with Gasteiger partial charge in [0.2, 0.25) is 15.6 Å². The highest BCUT2D eigenvalue weighted by atomic mass is 79.9. The number of Topliss-reactive ketones (excluding diaryl/α,β-unsaturated/α-hetero) is 1. The second-order valence-electron chi connectivity index (χ2n) is 5.86. The van der Waals surface area contributed by atoms with Crippen molar-refractivity contribution in [3.05, 3.63) is 97.8 Å². The molecule has 4 nitrogen and oxygen atoms in total. The molecule has 0 heterocycles. The van der Waals surface area contributed by atoms with Crippen LogP contribution < -0.4 is 0 Å². The van der Waals surface area contributed by atoms with E-state index in [2.05, 4.69) is 31.9 Å². The first-order chi connectivity index (χ1) is 13.3. The summed E-state index contributed by atoms with van der Waals surface area (Å²) in [7, 11) is -4.12. The Bertz CT molecular complexity index is 1150. The van der Waals surface area contributed by atoms with Crippen molar-refractivity contribution >= 4 is 53.6 Å². The molecule has 0 aliphatic carbocycles. The molecule has 0 saturated carbocycles. The number of carbonyl (C=O) groups excluding carboxylic acids is 1. The minimum absolute atomic E-state index is 0.0113. The molecule has 0 amide bonds. The second-order valence-corrected chi connectivity index (χ2v) is 9.61. The lowest BCUT2D eigenvalue weighted by Gasteiger charge is -2.10. The quantitative estimate of drug-likeness (QED) is 0.349. The molecule has 0 bridgehead atoms. The Kier molecular flexibility index (Phi) is 6.17. The van der Waals surface area contributed by atoms with Crippen molar-refractivity contribution < 1.29 is 18.3 Å². The number of halogens is 2. The third-order valence-electron chi connectivity index (χ3n) is 3.95. The molecule has 1 N–H and O–H groups in total. The molecule has 0 spiro atoms. The Balaban J connectivity index is 2.19. The molecule has 0 aliphatic heterocycles. The van der Waals surface area contributed by atoms with E-state index in [9.17, 15) is 18.3 Å². The summed E-state index contributed by atoms with van der Waals surface area (Å²) in [6, 6.07) is 18.8. The molecule has 7 heteroatoms. The fourth-order valence-electron chi connectivity index (χ4n) is 2.51. The number of phenols is 1. The van der Waals surface area contributed by atoms with E-state index in [4.69, 9.17) is 0 Å². The van der Waals surface area contributed by atoms with Crippen molar-refractivity contribution in [2.75, 3.05) is 0 Å². The zero-order valence-electron chi connectivity index (χ0n) is 14.3. The van der Waals surface area contributed by atoms with Crippen LogP contribution in [0.5, 0.6) is 5.75 Å². The van der Waals surface area contributed by atoms with Crippen molar-refractivity contribution in [2.24, 2.45) is 0 Å². The summed E-state index contributed by atoms with van der Waals surface area (Å²) >= 11 is 6.60. The Labute approximate surface area is 179 Å². The van der Waals surface area contributed by atoms with Crippen molar-refractivity contribution in [3.8, 4) is 5.75 Å². The number of rotatable bonds is 5. The molecule has 0 unspecified atom stereocenters. The van der Waals surface area contributed by atoms with Gasteiger partial charge in [-0.2, -0.15) is 0 Å². The first-order valence-corrected chi connectivity index (χ1v) is 11.2. The number of sulfone groups is 1. The smallest absolute Gasteiger partial charge is 0.210 e. The molecule has 0 radical (unpaired) electrons. The summed E-state index contributed by atoms with van der Waals surface area (Å²) in [5.41, 5.74) is 0.467. The van der Waals surface area contributed by atoms with Crippen LogP contribution in [0.15, 0.2) is 91.5 Å². The number of hydrogen-bond donors (Lipinski definition) is 1. The standard InChI is InChI=1S/C21H14Br2O4S/c22-15-7-5-14(6-8-15)13-20(21(25)18-3-1-2-4-19(18)24)28(26,27)17-11-9-16(23)10-12-17/h1-13,24H/b20-13+. The molecule has 0 saturated heterocycles. The third-order valence-corrected chi connectivity index (χ3v) is 6.79. The number of para-hydroxylation sites is 1. The number of allylic oxidation sites excluding steroid dienone is 1. The predicted molar refractivity (Wildman–Crippen MR) is 116 cm³/mol. The van der Waals surface area contributed by atoms with E-state index in [1.807, 2.05) is 0 Å². The Morgan fingerprint density at radius 2 is 1.36 bits per heavy atom. The monoisotopic (exact) mass is 520 g/mol. The molecule has 0 aliphatic rings. The average molecular weight is 522 g/mol. The van der Waals surface area contributed by atoms with Gasteiger partial charge in [-0.05, 0) is 60.2 Å². The summed E-state index contributed by atoms with van der Waals surface area (Å²) in [6.45, 7) is 0. The number of ketones is 1. The van der Waals surface area contributed by atoms with Gasteiger partial charge in [-0.15, -0.1) is 0 Å². The second kappa shape index (κ2) is 8.43. The lowest BCUT2D eigenvalue weighted by molar-refractivity contribution is 0.104. The summed E-state index contributed by atoms with van der Waals surface area (Å²) < 4.78 is 28.0. The normalized spacial score (nSPS) is 12.0. The topological polar surface area (TPSA) is 71.4 Å². The molecular formula is C21H14Br2O4S. The van der Waals surface area contributed by atoms with E-state index in [0.717, 1.165) is 8.95 Å². The molecule has 0 fully saturated rings. The molecule has 3 aromatic carbocycles. The molecule has 0 atom stereocenters. The maximum absolute atomic E-state index is 13.2. The SMILES string of the molecule is O=C(/C(=C\c1ccc(Br)cc1)S(=O)(=O)c1ccc(Br)cc1)c1ccccc1O. The number of carbonyl (C=O) groups is 1. The van der Waals surface area contributed by atoms with E-state index in [1.165, 1.54) is 30.3 Å². The zero-order chi connectivity index (χ0) is 20.3. The van der Waals surface area contributed by atoms with Crippen LogP contribution in [0.3, 0.4) is 0 Å². The summed E-state index contributed by atoms with van der Waals surface area (Å²) in [6.07, 6.45) is 1.32. The number of benzene rings is 3. The van der Waals surface area contributed by atoms with E-state index in [-0.39, 0.29) is 16.2 Å². The largest absolute Gasteiger partial charge is 0.507 e. The average Bonchev–Trinajstić information content (AvgIpc) is 2.67. The minimum atomic E-state index is -4.12. The van der Waals surface area contributed by atoms with Gasteiger partial charge in [0.15, 0.2) is 0 Å². The van der Waals surface area contributed by atoms with E-state index >= 15 is 0 Å². The number of aromatic hydroxyl groups is 1. The van der Waals surface area contributed by atoms with Crippen LogP contribution >= 0.6 is 31.9 Å². The van der Waals surface area contributed by atoms with Crippen LogP contribution in [0.25, 0.3) is 6.08 Å². The van der Waals surface area contributed by atoms with Gasteiger partial charge in [0.05, 0.1) is 10.5 Å². The van der Waals surface area contributed by atoms with Crippen LogP contribution in [-0.4, -0.2) is 19.3 Å². The maximum atomic E-state index is 13.2. The van der Waals surface area contributed by atoms with Crippen molar-refractivity contribution in [1.29, 1.82) is 0 Å². The van der Waals surface area contributed by atoms with Gasteiger partial charge in [-0.25, -0.2) is 8.42 Å². The lowest BCUT2D eigenvalue weighted by atomic mass is 10.1. The Hall–Kier alpha value is -2.22. The Morgan fingerprint density at radius 3 is 1.93 bits per heavy atom. The minimum Gasteiger partial charge on any atom is -0.507 e. The van der Waals surface area contributed by atoms with Crippen LogP contribution in [-0.2, 0) is 9.84 Å². The number of hydrogen-bond acceptors (Lipinski definition) is 4. The summed E-state index contributed by atoms with van der Waals surface area (Å²) in [4.78, 5) is 12.7. The van der Waals surface area contributed by atoms with Gasteiger partial charge in [0.25, 0.3) is 0 Å². The first kappa shape index (κ1) is 20.5. The first-order valence-electron chi connectivity index (χ1n) is 8.09. The van der Waals surface area contributed by atoms with Crippen LogP contribution in [0, 0.1) is 0 Å². The lowest BCUT2D eigenvalue weighted by Crippen LogP contribution is -2.14. The van der Waals surface area contributed by atoms with Gasteiger partial charge in [0.1, 0.15) is 10.7 Å². The van der Waals surface area contributed by atoms with Gasteiger partial charge in [-0.3, -0.25) is 4.79 Å². The highest BCUT2D eigenvalue weighted by Gasteiger charge is 2.29. The highest BCUT2D eigenvalue weighted by molar-refractivity contribution is 9.10. The molecule has 142 valence electrons. The fraction of sp³-hybridized carbons (Fsp3) is 0. The van der Waals surface area contributed by atoms with Crippen LogP contribution in [0.4, 0.5) is 0 Å². The molecule has 3 rings (SSSR count). The van der Waals surface area contributed by atoms with E-state index in [0.29, 0.717) is 5.56 Å². The van der Waals surface area contributed by atoms with Gasteiger partial charge >= 0.3 is 0 Å². The summed E-state index contributed by atoms with van der Waals surface area (Å²) in [5, 5.41) is 10.0. The fourth-order valence-corrected chi connectivity index (χ4v) is 4.44. The molecule has 3 aromatic rings. The van der Waals surface area contributed by atoms with Crippen LogP contribution in [0.2, 0.25) is 0 Å². The zero-order valence-corrected chi connectivity index (χ0v) is 18.3. The molecule has 28 heavy (non-hydrogen) atoms. The van der Waals surface area contributed by atoms with Gasteiger partial charge in [0, 0.05) is 8.95 Å². The number of phenolic OH excluding ortho intramolecular Hbond substituents is 1. The third kappa shape index (κ3) is 4.43. The highest BCUT2D eigenvalue weighted by Crippen LogP contribution is 2.29. The summed E-state index contributed by atoms with van der Waals surface area (Å²) in [5.74, 6) is -1.05. The Morgan fingerprint density at radius 1 is 0.821 bits per heavy atom. The predicted octanol–water partition coefficient (Wildman–Crippen LogP) is 5.61. The molecular weight excluding hydrogens is 508 g/mol. The van der Waals surface area contributed by atoms with Gasteiger partial charge in [-0.1, -0.05) is 56.1 Å². The van der Waals surface area contributed by atoms with E-state index < -0.39 is 20.5 Å².